The van der Waals surface area contributed by atoms with Gasteiger partial charge in [-0.15, -0.1) is 0 Å². The van der Waals surface area contributed by atoms with E-state index in [0.29, 0.717) is 36.1 Å². The molecule has 0 aliphatic rings. The Morgan fingerprint density at radius 2 is 2.29 bits per heavy atom. The number of rotatable bonds is 6. The monoisotopic (exact) mass is 259 g/mol. The van der Waals surface area contributed by atoms with Crippen LogP contribution in [0.3, 0.4) is 0 Å². The summed E-state index contributed by atoms with van der Waals surface area (Å²) in [5.74, 6) is -0.187. The van der Waals surface area contributed by atoms with E-state index in [1.165, 1.54) is 0 Å². The van der Waals surface area contributed by atoms with Gasteiger partial charge in [0.2, 0.25) is 0 Å². The average Bonchev–Trinajstić information content (AvgIpc) is 2.61. The maximum Gasteiger partial charge on any atom is 0.271 e. The molecule has 0 saturated carbocycles. The van der Waals surface area contributed by atoms with Gasteiger partial charge in [0, 0.05) is 26.8 Å². The van der Waals surface area contributed by atoms with Crippen molar-refractivity contribution < 1.29 is 9.53 Å². The lowest BCUT2D eigenvalue weighted by Crippen LogP contribution is -2.27. The van der Waals surface area contributed by atoms with Crippen molar-refractivity contribution in [1.29, 1.82) is 0 Å². The molecule has 1 aromatic heterocycles. The Labute approximate surface area is 106 Å². The normalized spacial score (nSPS) is 10.6. The van der Waals surface area contributed by atoms with Crippen LogP contribution in [0.5, 0.6) is 0 Å². The molecule has 0 atom stereocenters. The van der Waals surface area contributed by atoms with Gasteiger partial charge in [0.1, 0.15) is 5.69 Å². The number of nitrogens with one attached hydrogen (secondary N) is 1. The van der Waals surface area contributed by atoms with Gasteiger partial charge in [0.15, 0.2) is 0 Å². The molecule has 1 rings (SSSR count). The number of amides is 1. The van der Waals surface area contributed by atoms with E-state index >= 15 is 0 Å². The first-order valence-corrected chi connectivity index (χ1v) is 5.99. The smallest absolute Gasteiger partial charge is 0.271 e. The fourth-order valence-corrected chi connectivity index (χ4v) is 1.73. The molecule has 1 aromatic rings. The van der Waals surface area contributed by atoms with Crippen molar-refractivity contribution in [3.63, 3.8) is 0 Å². The number of nitrogens with zero attached hydrogens (tertiary/aromatic N) is 2. The van der Waals surface area contributed by atoms with Crippen LogP contribution in [0.15, 0.2) is 0 Å². The van der Waals surface area contributed by atoms with E-state index in [9.17, 15) is 4.79 Å². The van der Waals surface area contributed by atoms with E-state index in [1.807, 2.05) is 6.92 Å². The summed E-state index contributed by atoms with van der Waals surface area (Å²) in [5.41, 5.74) is 1.11. The molecule has 0 aliphatic carbocycles. The molecule has 17 heavy (non-hydrogen) atoms. The molecule has 0 aliphatic heterocycles. The number of halogens is 1. The summed E-state index contributed by atoms with van der Waals surface area (Å²) in [5, 5.41) is 7.42. The van der Waals surface area contributed by atoms with E-state index in [1.54, 1.807) is 18.7 Å². The van der Waals surface area contributed by atoms with Crippen molar-refractivity contribution in [2.45, 2.75) is 26.8 Å². The number of hydrogen-bond donors (Lipinski definition) is 1. The van der Waals surface area contributed by atoms with Crippen LogP contribution in [0.1, 0.15) is 29.5 Å². The van der Waals surface area contributed by atoms with Crippen LogP contribution < -0.4 is 5.32 Å². The molecular weight excluding hydrogens is 242 g/mol. The van der Waals surface area contributed by atoms with Gasteiger partial charge in [-0.1, -0.05) is 11.6 Å². The lowest BCUT2D eigenvalue weighted by Gasteiger charge is -2.06. The summed E-state index contributed by atoms with van der Waals surface area (Å²) in [7, 11) is 1.63. The quantitative estimate of drug-likeness (QED) is 0.790. The zero-order chi connectivity index (χ0) is 12.8. The van der Waals surface area contributed by atoms with Crippen LogP contribution in [-0.2, 0) is 11.3 Å². The van der Waals surface area contributed by atoms with Crippen molar-refractivity contribution in [3.05, 3.63) is 16.4 Å². The molecule has 0 aromatic carbocycles. The first-order chi connectivity index (χ1) is 8.11. The highest BCUT2D eigenvalue weighted by atomic mass is 35.5. The summed E-state index contributed by atoms with van der Waals surface area (Å²) in [6.45, 7) is 5.52. The Morgan fingerprint density at radius 3 is 2.88 bits per heavy atom. The second kappa shape index (κ2) is 6.61. The van der Waals surface area contributed by atoms with Gasteiger partial charge in [-0.05, 0) is 20.3 Å². The highest BCUT2D eigenvalue weighted by Crippen LogP contribution is 2.19. The van der Waals surface area contributed by atoms with Crippen molar-refractivity contribution in [1.82, 2.24) is 15.1 Å². The largest absolute Gasteiger partial charge is 0.385 e. The minimum atomic E-state index is -0.187. The average molecular weight is 260 g/mol. The van der Waals surface area contributed by atoms with Gasteiger partial charge in [-0.25, -0.2) is 0 Å². The number of methoxy groups -OCH3 is 1. The number of ether oxygens (including phenoxy) is 1. The summed E-state index contributed by atoms with van der Waals surface area (Å²) in [4.78, 5) is 11.9. The molecule has 5 nitrogen and oxygen atoms in total. The van der Waals surface area contributed by atoms with Gasteiger partial charge < -0.3 is 10.1 Å². The van der Waals surface area contributed by atoms with Crippen molar-refractivity contribution in [3.8, 4) is 0 Å². The van der Waals surface area contributed by atoms with Crippen LogP contribution in [0.25, 0.3) is 0 Å². The molecule has 6 heteroatoms. The molecular formula is C11H18ClN3O2. The number of hydrogen-bond acceptors (Lipinski definition) is 3. The fraction of sp³-hybridized carbons (Fsp3) is 0.636. The van der Waals surface area contributed by atoms with Crippen LogP contribution in [0.2, 0.25) is 5.02 Å². The fourth-order valence-electron chi connectivity index (χ4n) is 1.51. The molecule has 1 heterocycles. The minimum absolute atomic E-state index is 0.187. The third-order valence-electron chi connectivity index (χ3n) is 2.38. The predicted molar refractivity (Wildman–Crippen MR) is 66.5 cm³/mol. The van der Waals surface area contributed by atoms with Crippen LogP contribution in [-0.4, -0.2) is 35.9 Å². The number of aromatic nitrogens is 2. The molecule has 1 N–H and O–H groups in total. The third-order valence-corrected chi connectivity index (χ3v) is 2.83. The second-order valence-corrected chi connectivity index (χ2v) is 4.04. The van der Waals surface area contributed by atoms with Gasteiger partial charge in [-0.2, -0.15) is 5.10 Å². The van der Waals surface area contributed by atoms with Gasteiger partial charge in [-0.3, -0.25) is 9.48 Å². The maximum atomic E-state index is 11.9. The summed E-state index contributed by atoms with van der Waals surface area (Å²) in [6, 6.07) is 0. The van der Waals surface area contributed by atoms with Crippen molar-refractivity contribution in [2.75, 3.05) is 20.3 Å². The Bertz CT molecular complexity index is 390. The summed E-state index contributed by atoms with van der Waals surface area (Å²) in [6.07, 6.45) is 0.777. The Balaban J connectivity index is 2.68. The third kappa shape index (κ3) is 3.44. The first-order valence-electron chi connectivity index (χ1n) is 5.61. The van der Waals surface area contributed by atoms with E-state index in [-0.39, 0.29) is 5.91 Å². The number of carbonyl (C=O) groups excluding carboxylic acids is 1. The summed E-state index contributed by atoms with van der Waals surface area (Å²) >= 11 is 6.06. The van der Waals surface area contributed by atoms with Crippen LogP contribution >= 0.6 is 11.6 Å². The maximum absolute atomic E-state index is 11.9. The molecule has 0 spiro atoms. The highest BCUT2D eigenvalue weighted by Gasteiger charge is 2.19. The SMILES string of the molecule is CCn1nc(C)c(Cl)c1C(=O)NCCCOC. The van der Waals surface area contributed by atoms with Crippen LogP contribution in [0.4, 0.5) is 0 Å². The Kier molecular flexibility index (Phi) is 5.44. The standard InChI is InChI=1S/C11H18ClN3O2/c1-4-15-10(9(12)8(2)14-15)11(16)13-6-5-7-17-3/h4-7H2,1-3H3,(H,13,16). The molecule has 1 amide bonds. The topological polar surface area (TPSA) is 56.2 Å². The first kappa shape index (κ1) is 14.0. The highest BCUT2D eigenvalue weighted by molar-refractivity contribution is 6.34. The molecule has 0 saturated heterocycles. The van der Waals surface area contributed by atoms with Gasteiger partial charge in [0.05, 0.1) is 10.7 Å². The lowest BCUT2D eigenvalue weighted by atomic mass is 10.3. The predicted octanol–water partition coefficient (Wildman–Crippen LogP) is 1.63. The Hall–Kier alpha value is -1.07. The number of aryl methyl sites for hydroxylation is 2. The second-order valence-electron chi connectivity index (χ2n) is 3.67. The van der Waals surface area contributed by atoms with Crippen molar-refractivity contribution >= 4 is 17.5 Å². The Morgan fingerprint density at radius 1 is 1.59 bits per heavy atom. The van der Waals surface area contributed by atoms with Crippen LogP contribution in [0, 0.1) is 6.92 Å². The zero-order valence-electron chi connectivity index (χ0n) is 10.4. The molecule has 0 radical (unpaired) electrons. The van der Waals surface area contributed by atoms with Gasteiger partial charge >= 0.3 is 0 Å². The van der Waals surface area contributed by atoms with E-state index in [0.717, 1.165) is 6.42 Å². The molecule has 0 fully saturated rings. The molecule has 0 unspecified atom stereocenters. The van der Waals surface area contributed by atoms with Gasteiger partial charge in [0.25, 0.3) is 5.91 Å². The number of carbonyl (C=O) groups is 1. The van der Waals surface area contributed by atoms with Crippen molar-refractivity contribution in [2.24, 2.45) is 0 Å². The lowest BCUT2D eigenvalue weighted by molar-refractivity contribution is 0.0938. The molecule has 96 valence electrons. The van der Waals surface area contributed by atoms with E-state index in [2.05, 4.69) is 10.4 Å². The van der Waals surface area contributed by atoms with E-state index in [4.69, 9.17) is 16.3 Å². The minimum Gasteiger partial charge on any atom is -0.385 e. The summed E-state index contributed by atoms with van der Waals surface area (Å²) < 4.78 is 6.52. The molecule has 0 bridgehead atoms. The zero-order valence-corrected chi connectivity index (χ0v) is 11.2. The van der Waals surface area contributed by atoms with E-state index < -0.39 is 0 Å².